The van der Waals surface area contributed by atoms with Crippen LogP contribution in [0.4, 0.5) is 0 Å². The lowest BCUT2D eigenvalue weighted by atomic mass is 10.2. The predicted octanol–water partition coefficient (Wildman–Crippen LogP) is 4.14. The number of hydrogen-bond acceptors (Lipinski definition) is 4. The van der Waals surface area contributed by atoms with Gasteiger partial charge < -0.3 is 14.8 Å². The van der Waals surface area contributed by atoms with E-state index in [2.05, 4.69) is 5.32 Å². The normalized spacial score (nSPS) is 10.7. The number of hydrogen-bond donors (Lipinski definition) is 1. The van der Waals surface area contributed by atoms with Crippen LogP contribution in [0.1, 0.15) is 17.4 Å². The van der Waals surface area contributed by atoms with Crippen molar-refractivity contribution in [3.05, 3.63) is 51.2 Å². The van der Waals surface area contributed by atoms with Crippen molar-refractivity contribution in [2.75, 3.05) is 13.7 Å². The van der Waals surface area contributed by atoms with Crippen molar-refractivity contribution in [2.45, 2.75) is 13.5 Å². The number of amides is 1. The Morgan fingerprint density at radius 2 is 2.26 bits per heavy atom. The maximum Gasteiger partial charge on any atom is 0.244 e. The molecule has 1 aromatic carbocycles. The minimum atomic E-state index is -0.164. The first-order valence-electron chi connectivity index (χ1n) is 7.12. The fraction of sp³-hybridized carbons (Fsp3) is 0.235. The molecule has 0 spiro atoms. The zero-order chi connectivity index (χ0) is 16.7. The summed E-state index contributed by atoms with van der Waals surface area (Å²) >= 11 is 7.78. The molecule has 0 radical (unpaired) electrons. The van der Waals surface area contributed by atoms with Crippen molar-refractivity contribution in [3.63, 3.8) is 0 Å². The SMILES string of the molecule is CCOc1c(Cl)cc(CNC(=O)C=Cc2cccs2)cc1OC. The summed E-state index contributed by atoms with van der Waals surface area (Å²) in [5.74, 6) is 0.907. The number of carbonyl (C=O) groups is 1. The Kier molecular flexibility index (Phi) is 6.50. The van der Waals surface area contributed by atoms with Gasteiger partial charge in [-0.25, -0.2) is 0 Å². The molecule has 0 saturated heterocycles. The third kappa shape index (κ3) is 5.01. The second-order valence-electron chi connectivity index (χ2n) is 4.61. The first kappa shape index (κ1) is 17.4. The average molecular weight is 352 g/mol. The van der Waals surface area contributed by atoms with Crippen molar-refractivity contribution in [1.82, 2.24) is 5.32 Å². The Balaban J connectivity index is 2.00. The second kappa shape index (κ2) is 8.60. The van der Waals surface area contributed by atoms with E-state index in [9.17, 15) is 4.79 Å². The summed E-state index contributed by atoms with van der Waals surface area (Å²) in [6.45, 7) is 2.74. The molecule has 0 aliphatic carbocycles. The maximum absolute atomic E-state index is 11.8. The van der Waals surface area contributed by atoms with E-state index in [1.54, 1.807) is 36.7 Å². The standard InChI is InChI=1S/C17H18ClNO3S/c1-3-22-17-14(18)9-12(10-15(17)21-2)11-19-16(20)7-6-13-5-4-8-23-13/h4-10H,3,11H2,1-2H3,(H,19,20). The Morgan fingerprint density at radius 1 is 1.43 bits per heavy atom. The molecule has 1 heterocycles. The Bertz CT molecular complexity index is 683. The molecule has 23 heavy (non-hydrogen) atoms. The molecule has 1 N–H and O–H groups in total. The molecule has 0 saturated carbocycles. The molecule has 0 atom stereocenters. The monoisotopic (exact) mass is 351 g/mol. The smallest absolute Gasteiger partial charge is 0.244 e. The van der Waals surface area contributed by atoms with Crippen LogP contribution in [-0.2, 0) is 11.3 Å². The lowest BCUT2D eigenvalue weighted by Crippen LogP contribution is -2.20. The summed E-state index contributed by atoms with van der Waals surface area (Å²) in [6, 6.07) is 7.46. The van der Waals surface area contributed by atoms with Crippen molar-refractivity contribution in [3.8, 4) is 11.5 Å². The molecule has 2 rings (SSSR count). The van der Waals surface area contributed by atoms with E-state index in [-0.39, 0.29) is 5.91 Å². The molecule has 6 heteroatoms. The highest BCUT2D eigenvalue weighted by Crippen LogP contribution is 2.36. The minimum Gasteiger partial charge on any atom is -0.493 e. The molecule has 0 bridgehead atoms. The quantitative estimate of drug-likeness (QED) is 0.763. The fourth-order valence-corrected chi connectivity index (χ4v) is 2.86. The molecular formula is C17H18ClNO3S. The van der Waals surface area contributed by atoms with E-state index >= 15 is 0 Å². The zero-order valence-electron chi connectivity index (χ0n) is 13.0. The van der Waals surface area contributed by atoms with Gasteiger partial charge in [-0.1, -0.05) is 17.7 Å². The number of nitrogens with one attached hydrogen (secondary N) is 1. The van der Waals surface area contributed by atoms with E-state index in [1.807, 2.05) is 24.4 Å². The highest BCUT2D eigenvalue weighted by Gasteiger charge is 2.11. The molecule has 1 amide bonds. The van der Waals surface area contributed by atoms with Gasteiger partial charge in [0.15, 0.2) is 11.5 Å². The Hall–Kier alpha value is -1.98. The fourth-order valence-electron chi connectivity index (χ4n) is 1.95. The third-order valence-corrected chi connectivity index (χ3v) is 4.11. The van der Waals surface area contributed by atoms with E-state index in [4.69, 9.17) is 21.1 Å². The number of thiophene rings is 1. The van der Waals surface area contributed by atoms with Gasteiger partial charge in [0.1, 0.15) is 0 Å². The highest BCUT2D eigenvalue weighted by molar-refractivity contribution is 7.10. The summed E-state index contributed by atoms with van der Waals surface area (Å²) in [4.78, 5) is 12.9. The molecule has 0 aliphatic heterocycles. The molecule has 0 aliphatic rings. The Labute approximate surface area is 144 Å². The van der Waals surface area contributed by atoms with Crippen molar-refractivity contribution in [1.29, 1.82) is 0 Å². The van der Waals surface area contributed by atoms with Crippen molar-refractivity contribution >= 4 is 34.9 Å². The summed E-state index contributed by atoms with van der Waals surface area (Å²) in [6.07, 6.45) is 3.30. The lowest BCUT2D eigenvalue weighted by molar-refractivity contribution is -0.116. The van der Waals surface area contributed by atoms with Gasteiger partial charge in [0, 0.05) is 17.5 Å². The largest absolute Gasteiger partial charge is 0.493 e. The van der Waals surface area contributed by atoms with Crippen LogP contribution in [0.25, 0.3) is 6.08 Å². The van der Waals surface area contributed by atoms with Crippen molar-refractivity contribution < 1.29 is 14.3 Å². The molecular weight excluding hydrogens is 334 g/mol. The van der Waals surface area contributed by atoms with Gasteiger partial charge in [-0.15, -0.1) is 11.3 Å². The van der Waals surface area contributed by atoms with Crippen LogP contribution in [0.5, 0.6) is 11.5 Å². The molecule has 0 fully saturated rings. The van der Waals surface area contributed by atoms with Crippen LogP contribution in [0.15, 0.2) is 35.7 Å². The zero-order valence-corrected chi connectivity index (χ0v) is 14.5. The number of halogens is 1. The van der Waals surface area contributed by atoms with Crippen LogP contribution >= 0.6 is 22.9 Å². The lowest BCUT2D eigenvalue weighted by Gasteiger charge is -2.13. The number of benzene rings is 1. The first-order valence-corrected chi connectivity index (χ1v) is 8.38. The summed E-state index contributed by atoms with van der Waals surface area (Å²) in [5.41, 5.74) is 0.841. The van der Waals surface area contributed by atoms with Gasteiger partial charge in [-0.2, -0.15) is 0 Å². The topological polar surface area (TPSA) is 47.6 Å². The second-order valence-corrected chi connectivity index (χ2v) is 6.00. The Morgan fingerprint density at radius 3 is 2.91 bits per heavy atom. The molecule has 122 valence electrons. The van der Waals surface area contributed by atoms with Crippen LogP contribution in [0.2, 0.25) is 5.02 Å². The van der Waals surface area contributed by atoms with Crippen LogP contribution in [0.3, 0.4) is 0 Å². The number of rotatable bonds is 7. The molecule has 4 nitrogen and oxygen atoms in total. The average Bonchev–Trinajstić information content (AvgIpc) is 3.06. The van der Waals surface area contributed by atoms with Gasteiger partial charge in [-0.3, -0.25) is 4.79 Å². The van der Waals surface area contributed by atoms with Gasteiger partial charge >= 0.3 is 0 Å². The van der Waals surface area contributed by atoms with E-state index < -0.39 is 0 Å². The van der Waals surface area contributed by atoms with Gasteiger partial charge in [0.05, 0.1) is 18.7 Å². The number of methoxy groups -OCH3 is 1. The van der Waals surface area contributed by atoms with Crippen LogP contribution in [-0.4, -0.2) is 19.6 Å². The number of ether oxygens (including phenoxy) is 2. The van der Waals surface area contributed by atoms with Gasteiger partial charge in [0.25, 0.3) is 0 Å². The van der Waals surface area contributed by atoms with Gasteiger partial charge in [-0.05, 0) is 42.1 Å². The summed E-state index contributed by atoms with van der Waals surface area (Å²) in [5, 5.41) is 5.24. The van der Waals surface area contributed by atoms with Crippen molar-refractivity contribution in [2.24, 2.45) is 0 Å². The minimum absolute atomic E-state index is 0.164. The highest BCUT2D eigenvalue weighted by atomic mass is 35.5. The van der Waals surface area contributed by atoms with E-state index in [0.717, 1.165) is 10.4 Å². The molecule has 1 aromatic heterocycles. The number of carbonyl (C=O) groups excluding carboxylic acids is 1. The summed E-state index contributed by atoms with van der Waals surface area (Å²) < 4.78 is 10.8. The van der Waals surface area contributed by atoms with Gasteiger partial charge in [0.2, 0.25) is 5.91 Å². The first-order chi connectivity index (χ1) is 11.1. The van der Waals surface area contributed by atoms with E-state index in [0.29, 0.717) is 29.7 Å². The molecule has 0 unspecified atom stereocenters. The summed E-state index contributed by atoms with van der Waals surface area (Å²) in [7, 11) is 1.56. The third-order valence-electron chi connectivity index (χ3n) is 2.99. The predicted molar refractivity (Wildman–Crippen MR) is 94.4 cm³/mol. The maximum atomic E-state index is 11.8. The van der Waals surface area contributed by atoms with Crippen LogP contribution < -0.4 is 14.8 Å². The molecule has 2 aromatic rings. The van der Waals surface area contributed by atoms with Crippen LogP contribution in [0, 0.1) is 0 Å². The van der Waals surface area contributed by atoms with E-state index in [1.165, 1.54) is 6.08 Å².